The van der Waals surface area contributed by atoms with Crippen molar-refractivity contribution in [2.75, 3.05) is 13.3 Å². The normalized spacial score (nSPS) is 14.5. The summed E-state index contributed by atoms with van der Waals surface area (Å²) in [6.45, 7) is 2.18. The van der Waals surface area contributed by atoms with Crippen LogP contribution in [0, 0.1) is 0 Å². The fourth-order valence-corrected chi connectivity index (χ4v) is 1.57. The van der Waals surface area contributed by atoms with Gasteiger partial charge in [0.05, 0.1) is 6.10 Å². The van der Waals surface area contributed by atoms with Gasteiger partial charge in [0.1, 0.15) is 0 Å². The highest BCUT2D eigenvalue weighted by molar-refractivity contribution is 5.75. The molecule has 1 heterocycles. The van der Waals surface area contributed by atoms with Crippen molar-refractivity contribution in [2.45, 2.75) is 19.4 Å². The fourth-order valence-electron chi connectivity index (χ4n) is 1.57. The van der Waals surface area contributed by atoms with Gasteiger partial charge in [-0.3, -0.25) is 4.79 Å². The van der Waals surface area contributed by atoms with Crippen LogP contribution in [0.15, 0.2) is 18.2 Å². The Hall–Kier alpha value is -1.75. The van der Waals surface area contributed by atoms with Gasteiger partial charge < -0.3 is 19.9 Å². The number of hydrogen-bond donors (Lipinski definition) is 2. The molecule has 1 aromatic rings. The lowest BCUT2D eigenvalue weighted by Gasteiger charge is -2.12. The Balaban J connectivity index is 1.99. The zero-order chi connectivity index (χ0) is 12.3. The quantitative estimate of drug-likeness (QED) is 0.819. The molecule has 1 aromatic carbocycles. The van der Waals surface area contributed by atoms with Crippen molar-refractivity contribution in [2.24, 2.45) is 0 Å². The molecule has 0 bridgehead atoms. The van der Waals surface area contributed by atoms with Gasteiger partial charge in [-0.1, -0.05) is 13.0 Å². The van der Waals surface area contributed by atoms with Gasteiger partial charge in [-0.2, -0.15) is 0 Å². The highest BCUT2D eigenvalue weighted by atomic mass is 16.7. The highest BCUT2D eigenvalue weighted by Crippen LogP contribution is 2.33. The van der Waals surface area contributed by atoms with Crippen LogP contribution in [0.3, 0.4) is 0 Å². The van der Waals surface area contributed by atoms with Crippen LogP contribution in [-0.2, 0) is 4.79 Å². The topological polar surface area (TPSA) is 67.8 Å². The molecule has 17 heavy (non-hydrogen) atoms. The molecule has 0 saturated carbocycles. The number of carbonyl (C=O) groups excluding carboxylic acids is 1. The van der Waals surface area contributed by atoms with Crippen molar-refractivity contribution < 1.29 is 19.4 Å². The number of rotatable bonds is 4. The molecule has 1 aliphatic heterocycles. The summed E-state index contributed by atoms with van der Waals surface area (Å²) in [5, 5.41) is 12.5. The third-order valence-electron chi connectivity index (χ3n) is 2.60. The van der Waals surface area contributed by atoms with E-state index in [4.69, 9.17) is 9.47 Å². The third-order valence-corrected chi connectivity index (χ3v) is 2.60. The van der Waals surface area contributed by atoms with Crippen LogP contribution >= 0.6 is 0 Å². The van der Waals surface area contributed by atoms with Crippen LogP contribution in [0.1, 0.15) is 25.0 Å². The van der Waals surface area contributed by atoms with E-state index in [9.17, 15) is 9.90 Å². The molecule has 5 nitrogen and oxygen atoms in total. The van der Waals surface area contributed by atoms with Crippen molar-refractivity contribution in [3.63, 3.8) is 0 Å². The highest BCUT2D eigenvalue weighted by Gasteiger charge is 2.16. The second-order valence-electron chi connectivity index (χ2n) is 3.79. The summed E-state index contributed by atoms with van der Waals surface area (Å²) in [5.41, 5.74) is 0.700. The number of hydrogen-bond acceptors (Lipinski definition) is 4. The van der Waals surface area contributed by atoms with Crippen LogP contribution in [0.4, 0.5) is 0 Å². The van der Waals surface area contributed by atoms with E-state index >= 15 is 0 Å². The first-order valence-corrected chi connectivity index (χ1v) is 5.55. The Bertz CT molecular complexity index is 419. The first-order chi connectivity index (χ1) is 8.20. The Morgan fingerprint density at radius 3 is 3.00 bits per heavy atom. The molecular formula is C12H15NO4. The van der Waals surface area contributed by atoms with Gasteiger partial charge in [0.15, 0.2) is 11.5 Å². The van der Waals surface area contributed by atoms with Crippen molar-refractivity contribution in [1.82, 2.24) is 5.32 Å². The van der Waals surface area contributed by atoms with E-state index in [0.29, 0.717) is 23.5 Å². The number of aliphatic hydroxyl groups is 1. The minimum atomic E-state index is -0.736. The summed E-state index contributed by atoms with van der Waals surface area (Å²) in [5.74, 6) is 1.23. The maximum atomic E-state index is 11.1. The summed E-state index contributed by atoms with van der Waals surface area (Å²) in [4.78, 5) is 11.1. The molecule has 1 unspecified atom stereocenters. The number of carbonyl (C=O) groups is 1. The molecule has 0 radical (unpaired) electrons. The van der Waals surface area contributed by atoms with Gasteiger partial charge in [0.25, 0.3) is 0 Å². The first kappa shape index (κ1) is 11.7. The predicted molar refractivity (Wildman–Crippen MR) is 60.8 cm³/mol. The summed E-state index contributed by atoms with van der Waals surface area (Å²) >= 11 is 0. The van der Waals surface area contributed by atoms with Gasteiger partial charge in [0, 0.05) is 13.0 Å². The Kier molecular flexibility index (Phi) is 3.49. The van der Waals surface area contributed by atoms with Crippen LogP contribution in [0.5, 0.6) is 11.5 Å². The zero-order valence-electron chi connectivity index (χ0n) is 9.60. The molecule has 1 atom stereocenters. The zero-order valence-corrected chi connectivity index (χ0v) is 9.60. The van der Waals surface area contributed by atoms with Gasteiger partial charge in [-0.05, 0) is 17.7 Å². The molecule has 0 saturated heterocycles. The number of benzene rings is 1. The van der Waals surface area contributed by atoms with E-state index in [1.165, 1.54) is 0 Å². The second kappa shape index (κ2) is 5.05. The average molecular weight is 237 g/mol. The Morgan fingerprint density at radius 1 is 1.47 bits per heavy atom. The fraction of sp³-hybridized carbons (Fsp3) is 0.417. The average Bonchev–Trinajstić information content (AvgIpc) is 2.82. The summed E-state index contributed by atoms with van der Waals surface area (Å²) in [6.07, 6.45) is -0.326. The molecule has 0 spiro atoms. The van der Waals surface area contributed by atoms with Crippen molar-refractivity contribution >= 4 is 5.91 Å². The summed E-state index contributed by atoms with van der Waals surface area (Å²) in [7, 11) is 0. The third kappa shape index (κ3) is 2.68. The van der Waals surface area contributed by atoms with Crippen LogP contribution in [-0.4, -0.2) is 24.4 Å². The van der Waals surface area contributed by atoms with Gasteiger partial charge in [-0.15, -0.1) is 0 Å². The smallest absolute Gasteiger partial charge is 0.231 e. The molecule has 0 aromatic heterocycles. The van der Waals surface area contributed by atoms with Crippen LogP contribution < -0.4 is 14.8 Å². The second-order valence-corrected chi connectivity index (χ2v) is 3.79. The van der Waals surface area contributed by atoms with Gasteiger partial charge >= 0.3 is 0 Å². The minimum absolute atomic E-state index is 0.0789. The van der Waals surface area contributed by atoms with Crippen molar-refractivity contribution in [3.8, 4) is 11.5 Å². The van der Waals surface area contributed by atoms with E-state index in [1.807, 2.05) is 0 Å². The number of aliphatic hydroxyl groups excluding tert-OH is 1. The predicted octanol–water partition coefficient (Wildman–Crippen LogP) is 0.975. The van der Waals surface area contributed by atoms with Gasteiger partial charge in [-0.25, -0.2) is 0 Å². The maximum absolute atomic E-state index is 11.1. The molecular weight excluding hydrogens is 222 g/mol. The molecule has 2 N–H and O–H groups in total. The largest absolute Gasteiger partial charge is 0.454 e. The van der Waals surface area contributed by atoms with E-state index in [-0.39, 0.29) is 19.2 Å². The molecule has 1 aliphatic rings. The van der Waals surface area contributed by atoms with Crippen molar-refractivity contribution in [3.05, 3.63) is 23.8 Å². The molecule has 2 rings (SSSR count). The standard InChI is InChI=1S/C12H15NO4/c1-2-12(15)13-6-9(14)8-3-4-10-11(5-8)17-7-16-10/h3-5,9,14H,2,6-7H2,1H3,(H,13,15). The Morgan fingerprint density at radius 2 is 2.24 bits per heavy atom. The Labute approximate surface area is 99.3 Å². The van der Waals surface area contributed by atoms with Crippen LogP contribution in [0.2, 0.25) is 0 Å². The monoisotopic (exact) mass is 237 g/mol. The van der Waals surface area contributed by atoms with E-state index in [0.717, 1.165) is 0 Å². The summed E-state index contributed by atoms with van der Waals surface area (Å²) in [6, 6.07) is 5.24. The van der Waals surface area contributed by atoms with Crippen LogP contribution in [0.25, 0.3) is 0 Å². The lowest BCUT2D eigenvalue weighted by atomic mass is 10.1. The maximum Gasteiger partial charge on any atom is 0.231 e. The van der Waals surface area contributed by atoms with E-state index < -0.39 is 6.10 Å². The number of nitrogens with one attached hydrogen (secondary N) is 1. The molecule has 92 valence electrons. The van der Waals surface area contributed by atoms with E-state index in [2.05, 4.69) is 5.32 Å². The number of fused-ring (bicyclic) bond motifs is 1. The first-order valence-electron chi connectivity index (χ1n) is 5.55. The lowest BCUT2D eigenvalue weighted by molar-refractivity contribution is -0.121. The SMILES string of the molecule is CCC(=O)NCC(O)c1ccc2c(c1)OCO2. The van der Waals surface area contributed by atoms with Gasteiger partial charge in [0.2, 0.25) is 12.7 Å². The summed E-state index contributed by atoms with van der Waals surface area (Å²) < 4.78 is 10.4. The molecule has 1 amide bonds. The molecule has 5 heteroatoms. The molecule has 0 aliphatic carbocycles. The molecule has 0 fully saturated rings. The minimum Gasteiger partial charge on any atom is -0.454 e. The number of amides is 1. The van der Waals surface area contributed by atoms with Crippen molar-refractivity contribution in [1.29, 1.82) is 0 Å². The van der Waals surface area contributed by atoms with E-state index in [1.54, 1.807) is 25.1 Å². The lowest BCUT2D eigenvalue weighted by Crippen LogP contribution is -2.27. The number of ether oxygens (including phenoxy) is 2.